The van der Waals surface area contributed by atoms with Crippen LogP contribution < -0.4 is 5.73 Å². The van der Waals surface area contributed by atoms with Crippen molar-refractivity contribution in [3.8, 4) is 22.4 Å². The van der Waals surface area contributed by atoms with Gasteiger partial charge in [-0.05, 0) is 17.7 Å². The van der Waals surface area contributed by atoms with E-state index in [4.69, 9.17) is 5.73 Å². The Bertz CT molecular complexity index is 816. The number of nitrogens with zero attached hydrogens (tertiary/aromatic N) is 3. The molecule has 2 aromatic heterocycles. The fourth-order valence-corrected chi connectivity index (χ4v) is 2.92. The van der Waals surface area contributed by atoms with E-state index in [9.17, 15) is 4.21 Å². The first-order chi connectivity index (χ1) is 10.6. The summed E-state index contributed by atoms with van der Waals surface area (Å²) in [5, 5.41) is 0. The number of pyridine rings is 1. The van der Waals surface area contributed by atoms with Crippen molar-refractivity contribution in [1.82, 2.24) is 15.0 Å². The Balaban J connectivity index is 1.98. The fraction of sp³-hybridized carbons (Fsp3) is 0.0625. The van der Waals surface area contributed by atoms with Crippen LogP contribution in [0.25, 0.3) is 22.4 Å². The summed E-state index contributed by atoms with van der Waals surface area (Å²) in [6.07, 6.45) is 6.71. The molecular weight excluding hydrogens is 296 g/mol. The Morgan fingerprint density at radius 2 is 1.59 bits per heavy atom. The van der Waals surface area contributed by atoms with Crippen LogP contribution in [0.5, 0.6) is 0 Å². The maximum absolute atomic E-state index is 11.8. The lowest BCUT2D eigenvalue weighted by Gasteiger charge is -2.08. The molecule has 5 nitrogen and oxygen atoms in total. The van der Waals surface area contributed by atoms with Crippen LogP contribution in [-0.2, 0) is 10.8 Å². The smallest absolute Gasteiger partial charge is 0.219 e. The third kappa shape index (κ3) is 2.87. The molecule has 22 heavy (non-hydrogen) atoms. The van der Waals surface area contributed by atoms with Gasteiger partial charge in [0.1, 0.15) is 0 Å². The third-order valence-corrected chi connectivity index (χ3v) is 4.21. The highest BCUT2D eigenvalue weighted by molar-refractivity contribution is 7.84. The number of anilines is 1. The summed E-state index contributed by atoms with van der Waals surface area (Å²) in [4.78, 5) is 13.2. The standard InChI is InChI=1S/C16H14N4OS/c1-22(21)15-5-3-2-4-13(15)11-6-7-14(18-8-11)12-9-19-16(17)20-10-12/h2-10H,1H3,(H2,17,19,20). The summed E-state index contributed by atoms with van der Waals surface area (Å²) >= 11 is 0. The third-order valence-electron chi connectivity index (χ3n) is 3.24. The van der Waals surface area contributed by atoms with Crippen LogP contribution in [0.1, 0.15) is 0 Å². The van der Waals surface area contributed by atoms with Gasteiger partial charge < -0.3 is 5.73 Å². The van der Waals surface area contributed by atoms with E-state index < -0.39 is 10.8 Å². The number of hydrogen-bond acceptors (Lipinski definition) is 5. The molecule has 2 heterocycles. The summed E-state index contributed by atoms with van der Waals surface area (Å²) in [5.74, 6) is 0.236. The molecule has 1 unspecified atom stereocenters. The zero-order valence-corrected chi connectivity index (χ0v) is 12.7. The van der Waals surface area contributed by atoms with Gasteiger partial charge in [-0.3, -0.25) is 9.19 Å². The summed E-state index contributed by atoms with van der Waals surface area (Å²) < 4.78 is 11.8. The number of rotatable bonds is 3. The monoisotopic (exact) mass is 310 g/mol. The molecule has 0 bridgehead atoms. The molecule has 0 spiro atoms. The average molecular weight is 310 g/mol. The molecule has 1 atom stereocenters. The second-order valence-corrected chi connectivity index (χ2v) is 6.06. The van der Waals surface area contributed by atoms with E-state index in [0.717, 1.165) is 27.3 Å². The maximum atomic E-state index is 11.8. The van der Waals surface area contributed by atoms with E-state index in [1.165, 1.54) is 0 Å². The minimum Gasteiger partial charge on any atom is -0.368 e. The maximum Gasteiger partial charge on any atom is 0.219 e. The first-order valence-electron chi connectivity index (χ1n) is 6.62. The van der Waals surface area contributed by atoms with Gasteiger partial charge in [0.05, 0.1) is 16.5 Å². The lowest BCUT2D eigenvalue weighted by atomic mass is 10.1. The topological polar surface area (TPSA) is 81.8 Å². The van der Waals surface area contributed by atoms with Crippen LogP contribution in [0.2, 0.25) is 0 Å². The molecule has 0 aliphatic heterocycles. The van der Waals surface area contributed by atoms with Gasteiger partial charge in [-0.1, -0.05) is 24.3 Å². The van der Waals surface area contributed by atoms with Crippen molar-refractivity contribution in [2.45, 2.75) is 4.90 Å². The van der Waals surface area contributed by atoms with Gasteiger partial charge in [0.15, 0.2) is 0 Å². The van der Waals surface area contributed by atoms with Crippen LogP contribution >= 0.6 is 0 Å². The molecule has 1 aromatic carbocycles. The lowest BCUT2D eigenvalue weighted by molar-refractivity contribution is 0.687. The van der Waals surface area contributed by atoms with E-state index in [1.54, 1.807) is 24.8 Å². The lowest BCUT2D eigenvalue weighted by Crippen LogP contribution is -1.95. The molecule has 110 valence electrons. The molecule has 3 rings (SSSR count). The highest BCUT2D eigenvalue weighted by Crippen LogP contribution is 2.26. The molecule has 2 N–H and O–H groups in total. The fourth-order valence-electron chi connectivity index (χ4n) is 2.15. The van der Waals surface area contributed by atoms with Crippen molar-refractivity contribution in [2.24, 2.45) is 0 Å². The van der Waals surface area contributed by atoms with Crippen molar-refractivity contribution >= 4 is 16.7 Å². The minimum absolute atomic E-state index is 0.236. The van der Waals surface area contributed by atoms with Crippen molar-refractivity contribution in [2.75, 3.05) is 12.0 Å². The van der Waals surface area contributed by atoms with Crippen LogP contribution in [0.3, 0.4) is 0 Å². The summed E-state index contributed by atoms with van der Waals surface area (Å²) in [7, 11) is -1.05. The van der Waals surface area contributed by atoms with Gasteiger partial charge in [0.25, 0.3) is 0 Å². The van der Waals surface area contributed by atoms with E-state index in [1.807, 2.05) is 36.4 Å². The van der Waals surface area contributed by atoms with Crippen LogP contribution in [0, 0.1) is 0 Å². The molecule has 0 radical (unpaired) electrons. The van der Waals surface area contributed by atoms with Crippen LogP contribution in [0.4, 0.5) is 5.95 Å². The zero-order valence-electron chi connectivity index (χ0n) is 11.9. The number of nitrogens with two attached hydrogens (primary N) is 1. The van der Waals surface area contributed by atoms with Crippen LogP contribution in [0.15, 0.2) is 59.9 Å². The molecule has 0 saturated heterocycles. The number of benzene rings is 1. The predicted octanol–water partition coefficient (Wildman–Crippen LogP) is 2.53. The average Bonchev–Trinajstić information content (AvgIpc) is 2.56. The van der Waals surface area contributed by atoms with Crippen molar-refractivity contribution in [3.63, 3.8) is 0 Å². The van der Waals surface area contributed by atoms with E-state index in [2.05, 4.69) is 15.0 Å². The molecule has 3 aromatic rings. The zero-order chi connectivity index (χ0) is 15.5. The van der Waals surface area contributed by atoms with E-state index in [0.29, 0.717) is 0 Å². The molecule has 0 aliphatic carbocycles. The molecule has 0 amide bonds. The molecule has 0 aliphatic rings. The van der Waals surface area contributed by atoms with Gasteiger partial charge in [-0.15, -0.1) is 0 Å². The molecule has 6 heteroatoms. The van der Waals surface area contributed by atoms with Crippen molar-refractivity contribution in [3.05, 3.63) is 55.0 Å². The molecule has 0 saturated carbocycles. The first kappa shape index (κ1) is 14.3. The number of hydrogen-bond donors (Lipinski definition) is 1. The summed E-state index contributed by atoms with van der Waals surface area (Å²) in [5.41, 5.74) is 8.89. The minimum atomic E-state index is -1.05. The second kappa shape index (κ2) is 6.03. The van der Waals surface area contributed by atoms with Crippen LogP contribution in [-0.4, -0.2) is 25.4 Å². The Morgan fingerprint density at radius 3 is 2.23 bits per heavy atom. The predicted molar refractivity (Wildman–Crippen MR) is 87.4 cm³/mol. The second-order valence-electron chi connectivity index (χ2n) is 4.71. The Kier molecular flexibility index (Phi) is 3.93. The van der Waals surface area contributed by atoms with Gasteiger partial charge in [-0.2, -0.15) is 0 Å². The van der Waals surface area contributed by atoms with E-state index >= 15 is 0 Å². The quantitative estimate of drug-likeness (QED) is 0.804. The number of nitrogen functional groups attached to an aromatic ring is 1. The van der Waals surface area contributed by atoms with Gasteiger partial charge in [0.2, 0.25) is 5.95 Å². The van der Waals surface area contributed by atoms with Crippen molar-refractivity contribution < 1.29 is 4.21 Å². The molecule has 0 fully saturated rings. The Hall–Kier alpha value is -2.60. The SMILES string of the molecule is CS(=O)c1ccccc1-c1ccc(-c2cnc(N)nc2)nc1. The van der Waals surface area contributed by atoms with E-state index in [-0.39, 0.29) is 5.95 Å². The Labute approximate surface area is 130 Å². The van der Waals surface area contributed by atoms with Gasteiger partial charge >= 0.3 is 0 Å². The highest BCUT2D eigenvalue weighted by atomic mass is 32.2. The number of aromatic nitrogens is 3. The normalized spacial score (nSPS) is 12.0. The summed E-state index contributed by atoms with van der Waals surface area (Å²) in [6.45, 7) is 0. The summed E-state index contributed by atoms with van der Waals surface area (Å²) in [6, 6.07) is 11.5. The Morgan fingerprint density at radius 1 is 0.909 bits per heavy atom. The molecular formula is C16H14N4OS. The van der Waals surface area contributed by atoms with Crippen molar-refractivity contribution in [1.29, 1.82) is 0 Å². The van der Waals surface area contributed by atoms with Gasteiger partial charge in [-0.25, -0.2) is 9.97 Å². The first-order valence-corrected chi connectivity index (χ1v) is 8.18. The van der Waals surface area contributed by atoms with Gasteiger partial charge in [0, 0.05) is 40.9 Å². The largest absolute Gasteiger partial charge is 0.368 e. The highest BCUT2D eigenvalue weighted by Gasteiger charge is 2.08.